The van der Waals surface area contributed by atoms with E-state index >= 15 is 0 Å². The van der Waals surface area contributed by atoms with Gasteiger partial charge in [-0.25, -0.2) is 21.8 Å². The Hall–Kier alpha value is -1.03. The Morgan fingerprint density at radius 1 is 1.21 bits per heavy atom. The van der Waals surface area contributed by atoms with Gasteiger partial charge in [-0.3, -0.25) is 0 Å². The summed E-state index contributed by atoms with van der Waals surface area (Å²) in [6, 6.07) is 4.49. The molecule has 130 valence electrons. The first kappa shape index (κ1) is 16.4. The van der Waals surface area contributed by atoms with E-state index in [0.717, 1.165) is 23.1 Å². The van der Waals surface area contributed by atoms with Crippen LogP contribution < -0.4 is 0 Å². The molecule has 2 unspecified atom stereocenters. The molecule has 1 aromatic heterocycles. The minimum atomic E-state index is -3.70. The molecule has 9 heteroatoms. The Balaban J connectivity index is 1.75. The van der Waals surface area contributed by atoms with Gasteiger partial charge in [0.15, 0.2) is 9.84 Å². The summed E-state index contributed by atoms with van der Waals surface area (Å²) in [5.41, 5.74) is 2.46. The minimum absolute atomic E-state index is 0.0482. The lowest BCUT2D eigenvalue weighted by Gasteiger charge is -2.42. The highest BCUT2D eigenvalue weighted by Gasteiger charge is 2.47. The highest BCUT2D eigenvalue weighted by Crippen LogP contribution is 2.35. The normalized spacial score (nSPS) is 27.8. The van der Waals surface area contributed by atoms with Gasteiger partial charge in [-0.05, 0) is 31.0 Å². The molecule has 0 N–H and O–H groups in total. The first-order valence-corrected chi connectivity index (χ1v) is 12.0. The third kappa shape index (κ3) is 2.58. The van der Waals surface area contributed by atoms with Crippen molar-refractivity contribution in [2.75, 3.05) is 12.3 Å². The van der Waals surface area contributed by atoms with Crippen LogP contribution in [-0.4, -0.2) is 49.7 Å². The number of sulfonamides is 1. The van der Waals surface area contributed by atoms with Crippen molar-refractivity contribution >= 4 is 41.4 Å². The molecule has 2 atom stereocenters. The molecular formula is C15H18N2O4S3. The molecule has 1 aliphatic heterocycles. The standard InChI is InChI=1S/C15H18N2O4S3/c18-23(19)8-7-17(13-3-1-2-4-15(13)23)24(20,21)11-5-6-12-14(9-11)22-10-16-12/h5-6,9-10,13,15H,1-4,7-8H2. The van der Waals surface area contributed by atoms with Crippen LogP contribution >= 0.6 is 11.3 Å². The summed E-state index contributed by atoms with van der Waals surface area (Å²) >= 11 is 1.40. The van der Waals surface area contributed by atoms with Crippen molar-refractivity contribution in [3.05, 3.63) is 23.7 Å². The van der Waals surface area contributed by atoms with Crippen LogP contribution in [0.3, 0.4) is 0 Å². The molecule has 0 radical (unpaired) electrons. The number of benzene rings is 1. The quantitative estimate of drug-likeness (QED) is 0.788. The van der Waals surface area contributed by atoms with Gasteiger partial charge in [0.25, 0.3) is 0 Å². The molecule has 2 aliphatic rings. The SMILES string of the molecule is O=S1(=O)CCN(S(=O)(=O)c2ccc3ncsc3c2)C2CCCCC21. The average molecular weight is 387 g/mol. The monoisotopic (exact) mass is 386 g/mol. The highest BCUT2D eigenvalue weighted by atomic mass is 32.2. The van der Waals surface area contributed by atoms with Crippen molar-refractivity contribution in [2.45, 2.75) is 41.9 Å². The molecule has 2 aromatic rings. The lowest BCUT2D eigenvalue weighted by molar-refractivity contribution is 0.250. The van der Waals surface area contributed by atoms with Crippen LogP contribution in [0, 0.1) is 0 Å². The molecule has 6 nitrogen and oxygen atoms in total. The number of rotatable bonds is 2. The molecular weight excluding hydrogens is 368 g/mol. The summed E-state index contributed by atoms with van der Waals surface area (Å²) in [4.78, 5) is 4.39. The van der Waals surface area contributed by atoms with Crippen LogP contribution in [0.2, 0.25) is 0 Å². The summed E-state index contributed by atoms with van der Waals surface area (Å²) in [6.07, 6.45) is 2.90. The number of aromatic nitrogens is 1. The van der Waals surface area contributed by atoms with Crippen molar-refractivity contribution in [2.24, 2.45) is 0 Å². The molecule has 0 spiro atoms. The second kappa shape index (κ2) is 5.76. The zero-order valence-electron chi connectivity index (χ0n) is 13.0. The smallest absolute Gasteiger partial charge is 0.243 e. The Bertz CT molecular complexity index is 981. The molecule has 24 heavy (non-hydrogen) atoms. The van der Waals surface area contributed by atoms with Crippen LogP contribution in [0.15, 0.2) is 28.6 Å². The van der Waals surface area contributed by atoms with E-state index in [4.69, 9.17) is 0 Å². The first-order chi connectivity index (χ1) is 11.4. The van der Waals surface area contributed by atoms with Crippen molar-refractivity contribution < 1.29 is 16.8 Å². The van der Waals surface area contributed by atoms with Crippen molar-refractivity contribution in [1.29, 1.82) is 0 Å². The van der Waals surface area contributed by atoms with E-state index in [1.54, 1.807) is 23.7 Å². The fourth-order valence-electron chi connectivity index (χ4n) is 3.79. The van der Waals surface area contributed by atoms with Crippen LogP contribution in [-0.2, 0) is 19.9 Å². The molecule has 0 amide bonds. The van der Waals surface area contributed by atoms with E-state index in [-0.39, 0.29) is 17.2 Å². The minimum Gasteiger partial charge on any atom is -0.245 e. The van der Waals surface area contributed by atoms with Gasteiger partial charge < -0.3 is 0 Å². The predicted octanol–water partition coefficient (Wildman–Crippen LogP) is 2.03. The maximum absolute atomic E-state index is 13.1. The van der Waals surface area contributed by atoms with Crippen LogP contribution in [0.4, 0.5) is 0 Å². The van der Waals surface area contributed by atoms with Crippen LogP contribution in [0.25, 0.3) is 10.2 Å². The fourth-order valence-corrected chi connectivity index (χ4v) is 8.53. The second-order valence-corrected chi connectivity index (χ2v) is 11.5. The number of hydrogen-bond acceptors (Lipinski definition) is 6. The number of nitrogens with zero attached hydrogens (tertiary/aromatic N) is 2. The molecule has 2 heterocycles. The molecule has 1 aliphatic carbocycles. The van der Waals surface area contributed by atoms with E-state index in [0.29, 0.717) is 12.8 Å². The lowest BCUT2D eigenvalue weighted by Crippen LogP contribution is -2.57. The molecule has 1 saturated heterocycles. The van der Waals surface area contributed by atoms with E-state index in [9.17, 15) is 16.8 Å². The number of hydrogen-bond donors (Lipinski definition) is 0. The summed E-state index contributed by atoms with van der Waals surface area (Å²) in [7, 11) is -6.90. The number of thiazole rings is 1. The van der Waals surface area contributed by atoms with Crippen molar-refractivity contribution in [1.82, 2.24) is 9.29 Å². The van der Waals surface area contributed by atoms with Gasteiger partial charge in [-0.1, -0.05) is 12.8 Å². The molecule has 1 aromatic carbocycles. The third-order valence-electron chi connectivity index (χ3n) is 5.00. The van der Waals surface area contributed by atoms with Crippen molar-refractivity contribution in [3.63, 3.8) is 0 Å². The predicted molar refractivity (Wildman–Crippen MR) is 93.3 cm³/mol. The molecule has 4 rings (SSSR count). The van der Waals surface area contributed by atoms with Gasteiger partial charge in [0.2, 0.25) is 10.0 Å². The van der Waals surface area contributed by atoms with Crippen molar-refractivity contribution in [3.8, 4) is 0 Å². The van der Waals surface area contributed by atoms with Crippen LogP contribution in [0.1, 0.15) is 25.7 Å². The lowest BCUT2D eigenvalue weighted by atomic mass is 9.94. The van der Waals surface area contributed by atoms with E-state index in [1.165, 1.54) is 15.6 Å². The average Bonchev–Trinajstić information content (AvgIpc) is 3.02. The fraction of sp³-hybridized carbons (Fsp3) is 0.533. The Morgan fingerprint density at radius 3 is 2.83 bits per heavy atom. The van der Waals surface area contributed by atoms with E-state index < -0.39 is 31.2 Å². The third-order valence-corrected chi connectivity index (χ3v) is 9.94. The number of fused-ring (bicyclic) bond motifs is 2. The Kier molecular flexibility index (Phi) is 3.94. The maximum atomic E-state index is 13.1. The first-order valence-electron chi connectivity index (χ1n) is 7.96. The highest BCUT2D eigenvalue weighted by molar-refractivity contribution is 7.92. The summed E-state index contributed by atoms with van der Waals surface area (Å²) in [5, 5.41) is -0.554. The molecule has 1 saturated carbocycles. The van der Waals surface area contributed by atoms with Crippen LogP contribution in [0.5, 0.6) is 0 Å². The van der Waals surface area contributed by atoms with E-state index in [1.807, 2.05) is 0 Å². The van der Waals surface area contributed by atoms with Gasteiger partial charge in [0.05, 0.1) is 31.6 Å². The van der Waals surface area contributed by atoms with Gasteiger partial charge in [0, 0.05) is 12.6 Å². The maximum Gasteiger partial charge on any atom is 0.243 e. The zero-order chi connectivity index (χ0) is 16.9. The number of sulfone groups is 1. The molecule has 0 bridgehead atoms. The summed E-state index contributed by atoms with van der Waals surface area (Å²) in [5.74, 6) is -0.0871. The summed E-state index contributed by atoms with van der Waals surface area (Å²) in [6.45, 7) is 0.0482. The largest absolute Gasteiger partial charge is 0.245 e. The van der Waals surface area contributed by atoms with Gasteiger partial charge in [0.1, 0.15) is 0 Å². The Labute approximate surface area is 145 Å². The van der Waals surface area contributed by atoms with Gasteiger partial charge in [-0.15, -0.1) is 11.3 Å². The van der Waals surface area contributed by atoms with Gasteiger partial charge >= 0.3 is 0 Å². The second-order valence-electron chi connectivity index (χ2n) is 6.35. The van der Waals surface area contributed by atoms with Gasteiger partial charge in [-0.2, -0.15) is 4.31 Å². The summed E-state index contributed by atoms with van der Waals surface area (Å²) < 4.78 is 53.2. The van der Waals surface area contributed by atoms with E-state index in [2.05, 4.69) is 4.98 Å². The Morgan fingerprint density at radius 2 is 2.00 bits per heavy atom. The molecule has 2 fully saturated rings. The zero-order valence-corrected chi connectivity index (χ0v) is 15.4. The topological polar surface area (TPSA) is 84.4 Å².